The Balaban J connectivity index is 1.42. The van der Waals surface area contributed by atoms with Crippen molar-refractivity contribution in [3.05, 3.63) is 53.6 Å². The van der Waals surface area contributed by atoms with E-state index in [9.17, 15) is 4.79 Å². The van der Waals surface area contributed by atoms with Gasteiger partial charge in [0.25, 0.3) is 5.91 Å². The molecule has 4 rings (SSSR count). The quantitative estimate of drug-likeness (QED) is 0.642. The molecule has 0 radical (unpaired) electrons. The Kier molecular flexibility index (Phi) is 6.55. The lowest BCUT2D eigenvalue weighted by Gasteiger charge is -2.38. The van der Waals surface area contributed by atoms with Crippen LogP contribution in [0.4, 0.5) is 5.69 Å². The van der Waals surface area contributed by atoms with E-state index >= 15 is 0 Å². The van der Waals surface area contributed by atoms with E-state index in [1.807, 2.05) is 47.4 Å². The molecule has 1 amide bonds. The van der Waals surface area contributed by atoms with Gasteiger partial charge in [-0.2, -0.15) is 0 Å². The van der Waals surface area contributed by atoms with Crippen molar-refractivity contribution in [1.29, 1.82) is 0 Å². The Morgan fingerprint density at radius 2 is 1.84 bits per heavy atom. The van der Waals surface area contributed by atoms with Gasteiger partial charge in [-0.25, -0.2) is 0 Å². The van der Waals surface area contributed by atoms with E-state index in [0.717, 1.165) is 55.1 Å². The molecule has 32 heavy (non-hydrogen) atoms. The number of nitrogens with zero attached hydrogens (tertiary/aromatic N) is 1. The van der Waals surface area contributed by atoms with Crippen LogP contribution in [0.1, 0.15) is 61.5 Å². The molecule has 6 nitrogen and oxygen atoms in total. The lowest BCUT2D eigenvalue weighted by molar-refractivity contribution is 0.0694. The van der Waals surface area contributed by atoms with E-state index in [0.29, 0.717) is 10.7 Å². The molecule has 170 valence electrons. The van der Waals surface area contributed by atoms with Crippen LogP contribution in [0, 0.1) is 0 Å². The van der Waals surface area contributed by atoms with Crippen molar-refractivity contribution < 1.29 is 14.3 Å². The van der Waals surface area contributed by atoms with Gasteiger partial charge in [-0.05, 0) is 87.8 Å². The molecule has 1 fully saturated rings. The third-order valence-electron chi connectivity index (χ3n) is 6.01. The number of benzene rings is 2. The van der Waals surface area contributed by atoms with Crippen LogP contribution < -0.4 is 20.1 Å². The molecule has 0 aromatic heterocycles. The van der Waals surface area contributed by atoms with Crippen LogP contribution in [0.15, 0.2) is 42.5 Å². The number of hydrogen-bond donors (Lipinski definition) is 2. The summed E-state index contributed by atoms with van der Waals surface area (Å²) in [5.41, 5.74) is 2.26. The predicted octanol–water partition coefficient (Wildman–Crippen LogP) is 4.91. The van der Waals surface area contributed by atoms with Gasteiger partial charge in [-0.15, -0.1) is 0 Å². The van der Waals surface area contributed by atoms with Crippen molar-refractivity contribution in [1.82, 2.24) is 10.2 Å². The second-order valence-corrected chi connectivity index (χ2v) is 9.46. The molecule has 1 atom stereocenters. The highest BCUT2D eigenvalue weighted by molar-refractivity contribution is 7.80. The minimum atomic E-state index is -0.314. The zero-order chi connectivity index (χ0) is 22.7. The number of ether oxygens (including phenoxy) is 2. The fourth-order valence-electron chi connectivity index (χ4n) is 4.39. The van der Waals surface area contributed by atoms with E-state index in [1.165, 1.54) is 6.42 Å². The molecule has 2 aromatic carbocycles. The molecule has 0 aliphatic carbocycles. The lowest BCUT2D eigenvalue weighted by atomic mass is 9.89. The fraction of sp³-hybridized carbons (Fsp3) is 0.440. The third kappa shape index (κ3) is 5.15. The normalized spacial score (nSPS) is 19.3. The largest absolute Gasteiger partial charge is 0.497 e. The van der Waals surface area contributed by atoms with Crippen molar-refractivity contribution in [2.24, 2.45) is 0 Å². The maximum atomic E-state index is 12.7. The smallest absolute Gasteiger partial charge is 0.253 e. The van der Waals surface area contributed by atoms with Gasteiger partial charge in [0.2, 0.25) is 0 Å². The molecule has 0 unspecified atom stereocenters. The van der Waals surface area contributed by atoms with Crippen molar-refractivity contribution in [2.75, 3.05) is 25.5 Å². The summed E-state index contributed by atoms with van der Waals surface area (Å²) in [5.74, 6) is 1.72. The summed E-state index contributed by atoms with van der Waals surface area (Å²) in [6, 6.07) is 13.3. The highest BCUT2D eigenvalue weighted by Gasteiger charge is 2.34. The van der Waals surface area contributed by atoms with Crippen LogP contribution in [0.2, 0.25) is 0 Å². The summed E-state index contributed by atoms with van der Waals surface area (Å²) < 4.78 is 11.5. The first-order chi connectivity index (χ1) is 15.3. The Bertz CT molecular complexity index is 984. The maximum absolute atomic E-state index is 12.7. The van der Waals surface area contributed by atoms with E-state index in [4.69, 9.17) is 21.7 Å². The summed E-state index contributed by atoms with van der Waals surface area (Å²) >= 11 is 5.60. The average molecular weight is 454 g/mol. The lowest BCUT2D eigenvalue weighted by Crippen LogP contribution is -2.42. The molecule has 2 aliphatic rings. The first kappa shape index (κ1) is 22.4. The van der Waals surface area contributed by atoms with Gasteiger partial charge >= 0.3 is 0 Å². The number of hydrogen-bond acceptors (Lipinski definition) is 4. The van der Waals surface area contributed by atoms with Crippen LogP contribution >= 0.6 is 12.2 Å². The summed E-state index contributed by atoms with van der Waals surface area (Å²) in [7, 11) is 1.66. The Morgan fingerprint density at radius 3 is 2.53 bits per heavy atom. The number of carbonyl (C=O) groups excluding carboxylic acids is 1. The number of methoxy groups -OCH3 is 1. The first-order valence-electron chi connectivity index (χ1n) is 11.2. The monoisotopic (exact) mass is 453 g/mol. The average Bonchev–Trinajstić information content (AvgIpc) is 2.79. The second-order valence-electron chi connectivity index (χ2n) is 9.05. The van der Waals surface area contributed by atoms with Crippen LogP contribution in [0.25, 0.3) is 0 Å². The molecule has 7 heteroatoms. The minimum Gasteiger partial charge on any atom is -0.497 e. The molecule has 2 N–H and O–H groups in total. The van der Waals surface area contributed by atoms with Crippen molar-refractivity contribution in [2.45, 2.75) is 51.2 Å². The van der Waals surface area contributed by atoms with Crippen LogP contribution in [-0.2, 0) is 0 Å². The van der Waals surface area contributed by atoms with Gasteiger partial charge in [-0.1, -0.05) is 0 Å². The van der Waals surface area contributed by atoms with E-state index < -0.39 is 0 Å². The van der Waals surface area contributed by atoms with Crippen LogP contribution in [0.3, 0.4) is 0 Å². The fourth-order valence-corrected chi connectivity index (χ4v) is 4.65. The number of thiocarbonyl (C=S) groups is 1. The third-order valence-corrected chi connectivity index (χ3v) is 6.23. The molecular formula is C25H31N3O3S. The molecule has 1 saturated heterocycles. The predicted molar refractivity (Wildman–Crippen MR) is 131 cm³/mol. The van der Waals surface area contributed by atoms with Gasteiger partial charge in [0.05, 0.1) is 13.2 Å². The van der Waals surface area contributed by atoms with Crippen molar-refractivity contribution >= 4 is 28.9 Å². The van der Waals surface area contributed by atoms with Gasteiger partial charge in [0, 0.05) is 36.3 Å². The van der Waals surface area contributed by atoms with Crippen LogP contribution in [0.5, 0.6) is 11.5 Å². The number of amides is 1. The summed E-state index contributed by atoms with van der Waals surface area (Å²) in [6.45, 7) is 5.84. The first-order valence-corrected chi connectivity index (χ1v) is 11.6. The Labute approximate surface area is 195 Å². The van der Waals surface area contributed by atoms with E-state index in [2.05, 4.69) is 24.5 Å². The van der Waals surface area contributed by atoms with Gasteiger partial charge in [-0.3, -0.25) is 4.79 Å². The number of carbonyl (C=O) groups is 1. The number of fused-ring (bicyclic) bond motifs is 1. The molecular weight excluding hydrogens is 422 g/mol. The molecule has 0 spiro atoms. The van der Waals surface area contributed by atoms with E-state index in [-0.39, 0.29) is 17.6 Å². The molecule has 0 bridgehead atoms. The summed E-state index contributed by atoms with van der Waals surface area (Å²) in [4.78, 5) is 14.6. The highest BCUT2D eigenvalue weighted by atomic mass is 32.1. The molecule has 2 aliphatic heterocycles. The zero-order valence-corrected chi connectivity index (χ0v) is 19.8. The zero-order valence-electron chi connectivity index (χ0n) is 18.9. The Morgan fingerprint density at radius 1 is 1.12 bits per heavy atom. The SMILES string of the molecule is COc1ccc2c(c1)[C@H](NC(=S)Nc1ccc(C(=O)N3CCCCC3)cc1)CC(C)(C)O2. The van der Waals surface area contributed by atoms with Crippen LogP contribution in [-0.4, -0.2) is 41.7 Å². The topological polar surface area (TPSA) is 62.8 Å². The molecule has 2 heterocycles. The van der Waals surface area contributed by atoms with Crippen molar-refractivity contribution in [3.8, 4) is 11.5 Å². The molecule has 2 aromatic rings. The summed E-state index contributed by atoms with van der Waals surface area (Å²) in [6.07, 6.45) is 4.14. The number of rotatable bonds is 4. The summed E-state index contributed by atoms with van der Waals surface area (Å²) in [5, 5.41) is 7.20. The standard InChI is InChI=1S/C25H31N3O3S/c1-25(2)16-21(20-15-19(30-3)11-12-22(20)31-25)27-24(32)26-18-9-7-17(8-10-18)23(29)28-13-5-4-6-14-28/h7-12,15,21H,4-6,13-14,16H2,1-3H3,(H2,26,27,32)/t21-/m1/s1. The maximum Gasteiger partial charge on any atom is 0.253 e. The number of likely N-dealkylation sites (tertiary alicyclic amines) is 1. The Hall–Kier alpha value is -2.80. The van der Waals surface area contributed by atoms with Crippen molar-refractivity contribution in [3.63, 3.8) is 0 Å². The van der Waals surface area contributed by atoms with Gasteiger partial charge in [0.15, 0.2) is 5.11 Å². The minimum absolute atomic E-state index is 0.0104. The van der Waals surface area contributed by atoms with E-state index in [1.54, 1.807) is 7.11 Å². The highest BCUT2D eigenvalue weighted by Crippen LogP contribution is 2.41. The number of piperidine rings is 1. The van der Waals surface area contributed by atoms with Gasteiger partial charge < -0.3 is 25.0 Å². The second kappa shape index (κ2) is 9.36. The number of anilines is 1. The number of nitrogens with one attached hydrogen (secondary N) is 2. The van der Waals surface area contributed by atoms with Gasteiger partial charge in [0.1, 0.15) is 17.1 Å². The molecule has 0 saturated carbocycles.